The fraction of sp³-hybridized carbons (Fsp3) is 0.00885. The molecule has 130 heavy (non-hydrogen) atoms. The molecule has 17 heteroatoms. The van der Waals surface area contributed by atoms with Crippen molar-refractivity contribution in [2.24, 2.45) is 0 Å². The van der Waals surface area contributed by atoms with E-state index in [-0.39, 0.29) is 0 Å². The molecule has 0 radical (unpaired) electrons. The van der Waals surface area contributed by atoms with Gasteiger partial charge < -0.3 is 23.5 Å². The summed E-state index contributed by atoms with van der Waals surface area (Å²) < 4.78 is 28.0. The lowest BCUT2D eigenvalue weighted by atomic mass is 10.0. The van der Waals surface area contributed by atoms with Crippen molar-refractivity contribution in [2.75, 3.05) is 9.80 Å². The molecule has 0 bridgehead atoms. The summed E-state index contributed by atoms with van der Waals surface area (Å²) in [5, 5.41) is 7.47. The van der Waals surface area contributed by atoms with Crippen molar-refractivity contribution in [1.29, 1.82) is 0 Å². The van der Waals surface area contributed by atoms with Crippen LogP contribution in [0.25, 0.3) is 172 Å². The molecular weight excluding hydrogens is 1760 g/mol. The van der Waals surface area contributed by atoms with Gasteiger partial charge in [-0.3, -0.25) is 0 Å². The van der Waals surface area contributed by atoms with E-state index >= 15 is 0 Å². The molecule has 0 spiro atoms. The third kappa shape index (κ3) is 14.2. The van der Waals surface area contributed by atoms with Crippen LogP contribution in [-0.2, 0) is 6.42 Å². The number of para-hydroxylation sites is 8. The van der Waals surface area contributed by atoms with Gasteiger partial charge in [0.05, 0.1) is 88.3 Å². The molecule has 616 valence electrons. The first-order valence-corrected chi connectivity index (χ1v) is 46.0. The zero-order valence-electron chi connectivity index (χ0n) is 69.6. The van der Waals surface area contributed by atoms with Crippen molar-refractivity contribution in [1.82, 2.24) is 51.1 Å². The Bertz CT molecular complexity index is 7960. The van der Waals surface area contributed by atoms with Gasteiger partial charge in [0.2, 0.25) is 0 Å². The Morgan fingerprint density at radius 3 is 0.723 bits per heavy atom. The molecule has 13 nitrogen and oxygen atoms in total. The lowest BCUT2D eigenvalue weighted by Gasteiger charge is -2.30. The van der Waals surface area contributed by atoms with Crippen LogP contribution in [0.4, 0.5) is 34.1 Å². The predicted octanol–water partition coefficient (Wildman–Crippen LogP) is 31.0. The SMILES string of the molecule is Brc1c2nsnc2c(Br)c2nc(-c3ccccc3)c(-c3ccccc3)nc12.c1ccc(-c2nc3c(N(c4ccccc4)c4ccc(-n5c6ccccc6c6ccccc65)cc4)c4nsnc4c(N(c4ccccc4)c4ccc(-n5c6ccccc6c6ccccc65)cc4)c3nc2-c2ccccc2)cc1.c1ccc(Cc2ccc(-n3c4ccccc4c4ccccc43)cc2)cc1. The van der Waals surface area contributed by atoms with Crippen molar-refractivity contribution < 1.29 is 0 Å². The Kier molecular flexibility index (Phi) is 20.8. The molecule has 0 amide bonds. The monoisotopic (exact) mass is 1830 g/mol. The molecule has 7 aromatic heterocycles. The van der Waals surface area contributed by atoms with Gasteiger partial charge in [-0.25, -0.2) is 19.9 Å². The summed E-state index contributed by atoms with van der Waals surface area (Å²) >= 11 is 9.70. The van der Waals surface area contributed by atoms with Crippen LogP contribution in [0.1, 0.15) is 11.1 Å². The molecule has 7 heterocycles. The summed E-state index contributed by atoms with van der Waals surface area (Å²) in [7, 11) is 0. The van der Waals surface area contributed by atoms with E-state index in [0.717, 1.165) is 150 Å². The normalized spacial score (nSPS) is 11.5. The van der Waals surface area contributed by atoms with Gasteiger partial charge in [-0.1, -0.05) is 309 Å². The largest absolute Gasteiger partial charge is 0.309 e. The second-order valence-corrected chi connectivity index (χ2v) is 34.4. The Balaban J connectivity index is 0.000000146. The maximum atomic E-state index is 5.88. The number of anilines is 6. The van der Waals surface area contributed by atoms with Gasteiger partial charge in [-0.15, -0.1) is 0 Å². The van der Waals surface area contributed by atoms with E-state index in [4.69, 9.17) is 28.7 Å². The first-order valence-electron chi connectivity index (χ1n) is 42.9. The Hall–Kier alpha value is -15.8. The second kappa shape index (κ2) is 34.2. The molecule has 0 aliphatic rings. The Morgan fingerprint density at radius 2 is 0.431 bits per heavy atom. The van der Waals surface area contributed by atoms with E-state index in [2.05, 4.69) is 422 Å². The lowest BCUT2D eigenvalue weighted by Crippen LogP contribution is -2.16. The molecule has 0 fully saturated rings. The molecule has 0 aliphatic carbocycles. The third-order valence-electron chi connectivity index (χ3n) is 24.1. The fourth-order valence-electron chi connectivity index (χ4n) is 18.2. The summed E-state index contributed by atoms with van der Waals surface area (Å²) in [5.74, 6) is 0. The number of aromatic nitrogens is 11. The van der Waals surface area contributed by atoms with Crippen LogP contribution >= 0.6 is 55.3 Å². The van der Waals surface area contributed by atoms with Crippen LogP contribution in [0.3, 0.4) is 0 Å². The topological polar surface area (TPSA) is 124 Å². The molecule has 25 aromatic rings. The zero-order valence-corrected chi connectivity index (χ0v) is 74.4. The van der Waals surface area contributed by atoms with Crippen molar-refractivity contribution >= 4 is 199 Å². The average Bonchev–Trinajstić information content (AvgIpc) is 1.14. The number of benzene rings is 18. The smallest absolute Gasteiger partial charge is 0.133 e. The lowest BCUT2D eigenvalue weighted by molar-refractivity contribution is 1.15. The van der Waals surface area contributed by atoms with Gasteiger partial charge in [0.1, 0.15) is 55.5 Å². The van der Waals surface area contributed by atoms with Gasteiger partial charge in [0.25, 0.3) is 0 Å². The molecule has 0 saturated heterocycles. The standard InChI is InChI=1S/C68H44N8S.C25H19N.C20H10Br2N4S/c1-5-21-45(22-6-1)61-62(46-23-7-2-8-24-46)70-64-63(69-61)67(73(47-25-9-3-10-26-47)49-37-41-51(42-38-49)75-57-33-17-13-29-53(57)54-30-14-18-34-58(54)75)65-66(72-77-71-65)68(64)74(48-27-11-4-12-28-48)50-39-43-52(44-40-50)76-59-35-19-15-31-55(59)56-32-16-20-36-60(56)76;1-2-8-19(9-3-1)18-20-14-16-21(17-15-20)26-24-12-6-4-10-22(24)23-11-5-7-13-25(23)26;21-13-17-18(14(22)20-19(13)25-27-26-20)24-16(12-9-5-2-6-10-12)15(23-17)11-7-3-1-4-8-11/h1-44H;1-17H,18H2;1-10H. The van der Waals surface area contributed by atoms with Crippen molar-refractivity contribution in [2.45, 2.75) is 6.42 Å². The highest BCUT2D eigenvalue weighted by Gasteiger charge is 2.33. The second-order valence-electron chi connectivity index (χ2n) is 31.8. The molecular formula is C113H73Br2N13S2. The summed E-state index contributed by atoms with van der Waals surface area (Å²) in [5.41, 5.74) is 31.4. The van der Waals surface area contributed by atoms with Gasteiger partial charge in [-0.05, 0) is 171 Å². The number of hydrogen-bond acceptors (Lipinski definition) is 12. The van der Waals surface area contributed by atoms with E-state index in [9.17, 15) is 0 Å². The van der Waals surface area contributed by atoms with Crippen LogP contribution in [-0.4, -0.2) is 51.1 Å². The quantitative estimate of drug-likeness (QED) is 0.0916. The first-order chi connectivity index (χ1) is 64.4. The summed E-state index contributed by atoms with van der Waals surface area (Å²) in [6.45, 7) is 0. The van der Waals surface area contributed by atoms with Crippen LogP contribution in [0.15, 0.2) is 440 Å². The van der Waals surface area contributed by atoms with E-state index in [1.165, 1.54) is 83.6 Å². The van der Waals surface area contributed by atoms with Gasteiger partial charge in [0, 0.05) is 94.4 Å². The Labute approximate surface area is 773 Å². The number of hydrogen-bond donors (Lipinski definition) is 0. The maximum Gasteiger partial charge on any atom is 0.133 e. The molecule has 0 unspecified atom stereocenters. The fourth-order valence-corrected chi connectivity index (χ4v) is 20.7. The summed E-state index contributed by atoms with van der Waals surface area (Å²) in [4.78, 5) is 26.4. The number of halogens is 2. The van der Waals surface area contributed by atoms with Crippen LogP contribution in [0.2, 0.25) is 0 Å². The van der Waals surface area contributed by atoms with Crippen LogP contribution < -0.4 is 9.80 Å². The third-order valence-corrected chi connectivity index (χ3v) is 26.6. The minimum absolute atomic E-state index is 0.678. The highest BCUT2D eigenvalue weighted by atomic mass is 79.9. The molecule has 18 aromatic carbocycles. The minimum atomic E-state index is 0.678. The maximum absolute atomic E-state index is 5.88. The zero-order chi connectivity index (χ0) is 86.5. The van der Waals surface area contributed by atoms with E-state index in [1.807, 2.05) is 72.8 Å². The van der Waals surface area contributed by atoms with Gasteiger partial charge in [-0.2, -0.15) is 17.5 Å². The van der Waals surface area contributed by atoms with Crippen molar-refractivity contribution in [3.63, 3.8) is 0 Å². The first kappa shape index (κ1) is 78.9. The number of fused-ring (bicyclic) bond motifs is 13. The van der Waals surface area contributed by atoms with Crippen LogP contribution in [0, 0.1) is 0 Å². The molecule has 0 aliphatic heterocycles. The van der Waals surface area contributed by atoms with Gasteiger partial charge >= 0.3 is 0 Å². The highest BCUT2D eigenvalue weighted by Crippen LogP contribution is 2.52. The number of nitrogens with zero attached hydrogens (tertiary/aromatic N) is 13. The van der Waals surface area contributed by atoms with E-state index in [1.54, 1.807) is 0 Å². The Morgan fingerprint density at radius 1 is 0.208 bits per heavy atom. The minimum Gasteiger partial charge on any atom is -0.309 e. The van der Waals surface area contributed by atoms with Crippen LogP contribution in [0.5, 0.6) is 0 Å². The molecule has 0 atom stereocenters. The van der Waals surface area contributed by atoms with Gasteiger partial charge in [0.15, 0.2) is 0 Å². The molecule has 0 N–H and O–H groups in total. The average molecular weight is 1840 g/mol. The van der Waals surface area contributed by atoms with Crippen molar-refractivity contribution in [3.8, 4) is 62.1 Å². The predicted molar refractivity (Wildman–Crippen MR) is 546 cm³/mol. The summed E-state index contributed by atoms with van der Waals surface area (Å²) in [6, 6.07) is 151. The van der Waals surface area contributed by atoms with E-state index < -0.39 is 0 Å². The summed E-state index contributed by atoms with van der Waals surface area (Å²) in [6.07, 6.45) is 0.967. The number of rotatable bonds is 15. The van der Waals surface area contributed by atoms with Crippen molar-refractivity contribution in [3.05, 3.63) is 451 Å². The highest BCUT2D eigenvalue weighted by molar-refractivity contribution is 9.11. The van der Waals surface area contributed by atoms with E-state index in [0.29, 0.717) is 22.1 Å². The molecule has 0 saturated carbocycles. The molecule has 25 rings (SSSR count).